The number of aromatic nitrogens is 4. The highest BCUT2D eigenvalue weighted by molar-refractivity contribution is 5.94. The third-order valence-corrected chi connectivity index (χ3v) is 4.90. The number of ether oxygens (including phenoxy) is 1. The number of carbonyl (C=O) groups excluding carboxylic acids is 1. The maximum Gasteiger partial charge on any atom is 0.280 e. The highest BCUT2D eigenvalue weighted by Crippen LogP contribution is 2.11. The molecule has 0 unspecified atom stereocenters. The summed E-state index contributed by atoms with van der Waals surface area (Å²) >= 11 is 0. The number of amides is 1. The van der Waals surface area contributed by atoms with Crippen molar-refractivity contribution in [2.45, 2.75) is 19.9 Å². The number of nitriles is 1. The van der Waals surface area contributed by atoms with Crippen LogP contribution in [0.2, 0.25) is 0 Å². The summed E-state index contributed by atoms with van der Waals surface area (Å²) in [5, 5.41) is 10.1. The number of carbonyl (C=O) groups is 1. The summed E-state index contributed by atoms with van der Waals surface area (Å²) in [5.74, 6) is -0.537. The Kier molecular flexibility index (Phi) is 6.14. The molecule has 1 amide bonds. The minimum Gasteiger partial charge on any atom is -0.382 e. The van der Waals surface area contributed by atoms with E-state index in [4.69, 9.17) is 4.74 Å². The van der Waals surface area contributed by atoms with E-state index in [0.717, 1.165) is 0 Å². The number of pyridine rings is 3. The number of rotatable bonds is 6. The Morgan fingerprint density at radius 1 is 1.28 bits per heavy atom. The summed E-state index contributed by atoms with van der Waals surface area (Å²) in [7, 11) is 0. The van der Waals surface area contributed by atoms with E-state index in [2.05, 4.69) is 21.0 Å². The average Bonchev–Trinajstić information content (AvgIpc) is 2.83. The molecule has 32 heavy (non-hydrogen) atoms. The summed E-state index contributed by atoms with van der Waals surface area (Å²) in [6.45, 7) is 3.32. The molecule has 0 aliphatic rings. The van der Waals surface area contributed by atoms with Crippen LogP contribution in [0.3, 0.4) is 0 Å². The van der Waals surface area contributed by atoms with Gasteiger partial charge in [0.25, 0.3) is 11.5 Å². The zero-order chi connectivity index (χ0) is 22.5. The molecule has 0 radical (unpaired) electrons. The third-order valence-electron chi connectivity index (χ3n) is 4.90. The van der Waals surface area contributed by atoms with E-state index in [1.165, 1.54) is 16.7 Å². The Morgan fingerprint density at radius 3 is 2.91 bits per heavy atom. The lowest BCUT2D eigenvalue weighted by atomic mass is 10.2. The maximum atomic E-state index is 13.1. The topological polar surface area (TPSA) is 115 Å². The van der Waals surface area contributed by atoms with Crippen LogP contribution in [0, 0.1) is 11.3 Å². The van der Waals surface area contributed by atoms with Crippen molar-refractivity contribution in [1.82, 2.24) is 18.9 Å². The van der Waals surface area contributed by atoms with Gasteiger partial charge in [0.15, 0.2) is 5.49 Å². The number of nitrogens with zero attached hydrogens (tertiary/aromatic N) is 6. The van der Waals surface area contributed by atoms with Crippen molar-refractivity contribution in [3.8, 4) is 6.07 Å². The van der Waals surface area contributed by atoms with E-state index in [-0.39, 0.29) is 22.0 Å². The molecule has 160 valence electrons. The van der Waals surface area contributed by atoms with E-state index in [1.54, 1.807) is 47.3 Å². The largest absolute Gasteiger partial charge is 0.382 e. The zero-order valence-corrected chi connectivity index (χ0v) is 17.4. The first-order valence-corrected chi connectivity index (χ1v) is 10.2. The van der Waals surface area contributed by atoms with Crippen LogP contribution in [0.15, 0.2) is 64.8 Å². The monoisotopic (exact) mass is 428 g/mol. The van der Waals surface area contributed by atoms with Crippen molar-refractivity contribution in [2.75, 3.05) is 13.2 Å². The lowest BCUT2D eigenvalue weighted by molar-refractivity contribution is 0.0996. The first kappa shape index (κ1) is 21.1. The summed E-state index contributed by atoms with van der Waals surface area (Å²) < 4.78 is 8.51. The van der Waals surface area contributed by atoms with E-state index in [9.17, 15) is 14.9 Å². The van der Waals surface area contributed by atoms with Gasteiger partial charge in [0, 0.05) is 38.3 Å². The highest BCUT2D eigenvalue weighted by Gasteiger charge is 2.15. The van der Waals surface area contributed by atoms with Crippen molar-refractivity contribution in [1.29, 1.82) is 5.26 Å². The Balaban J connectivity index is 2.01. The molecule has 0 fully saturated rings. The SMILES string of the molecule is CCOCCCn1c(=NC(=O)c2cccnc2)c(C#N)cc2c(=O)n3ccccc3nc21. The summed E-state index contributed by atoms with van der Waals surface area (Å²) in [5.41, 5.74) is 1.07. The predicted molar refractivity (Wildman–Crippen MR) is 117 cm³/mol. The lowest BCUT2D eigenvalue weighted by Crippen LogP contribution is -2.30. The molecule has 0 aliphatic carbocycles. The van der Waals surface area contributed by atoms with Crippen molar-refractivity contribution < 1.29 is 9.53 Å². The molecule has 0 aromatic carbocycles. The van der Waals surface area contributed by atoms with E-state index in [0.29, 0.717) is 43.0 Å². The summed E-state index contributed by atoms with van der Waals surface area (Å²) in [6.07, 6.45) is 5.18. The van der Waals surface area contributed by atoms with Gasteiger partial charge in [0.2, 0.25) is 0 Å². The molecule has 9 nitrogen and oxygen atoms in total. The average molecular weight is 428 g/mol. The second kappa shape index (κ2) is 9.32. The van der Waals surface area contributed by atoms with Crippen LogP contribution < -0.4 is 11.0 Å². The van der Waals surface area contributed by atoms with Gasteiger partial charge in [-0.05, 0) is 43.7 Å². The van der Waals surface area contributed by atoms with Crippen LogP contribution in [0.25, 0.3) is 16.7 Å². The normalized spacial score (nSPS) is 11.7. The number of hydrogen-bond donors (Lipinski definition) is 0. The quantitative estimate of drug-likeness (QED) is 0.343. The molecule has 0 N–H and O–H groups in total. The van der Waals surface area contributed by atoms with Crippen molar-refractivity contribution in [3.63, 3.8) is 0 Å². The van der Waals surface area contributed by atoms with Gasteiger partial charge in [0.05, 0.1) is 16.5 Å². The van der Waals surface area contributed by atoms with E-state index in [1.807, 2.05) is 6.92 Å². The second-order valence-electron chi connectivity index (χ2n) is 6.94. The Bertz CT molecular complexity index is 1470. The molecule has 9 heteroatoms. The molecule has 4 heterocycles. The van der Waals surface area contributed by atoms with Crippen molar-refractivity contribution >= 4 is 22.6 Å². The molecular weight excluding hydrogens is 408 g/mol. The van der Waals surface area contributed by atoms with Gasteiger partial charge in [-0.3, -0.25) is 19.0 Å². The van der Waals surface area contributed by atoms with Crippen molar-refractivity contribution in [3.05, 3.63) is 82.0 Å². The molecule has 4 aromatic rings. The van der Waals surface area contributed by atoms with E-state index >= 15 is 0 Å². The van der Waals surface area contributed by atoms with Crippen LogP contribution in [-0.4, -0.2) is 38.1 Å². The fourth-order valence-electron chi connectivity index (χ4n) is 3.41. The van der Waals surface area contributed by atoms with Gasteiger partial charge in [-0.25, -0.2) is 4.98 Å². The standard InChI is InChI=1S/C23H20N6O3/c1-2-32-12-6-11-29-20(27-22(30)16-7-5-9-25-15-16)17(14-24)13-18-21(29)26-19-8-3-4-10-28(19)23(18)31/h3-5,7-10,13,15H,2,6,11-12H2,1H3. The van der Waals surface area contributed by atoms with Gasteiger partial charge >= 0.3 is 0 Å². The fraction of sp³-hybridized carbons (Fsp3) is 0.217. The molecule has 0 saturated heterocycles. The fourth-order valence-corrected chi connectivity index (χ4v) is 3.41. The number of fused-ring (bicyclic) bond motifs is 2. The van der Waals surface area contributed by atoms with Gasteiger partial charge < -0.3 is 9.30 Å². The minimum atomic E-state index is -0.537. The third kappa shape index (κ3) is 4.04. The Hall–Kier alpha value is -4.16. The molecule has 0 bridgehead atoms. The molecular formula is C23H20N6O3. The molecule has 0 atom stereocenters. The maximum absolute atomic E-state index is 13.1. The Labute approximate surface area is 182 Å². The first-order chi connectivity index (χ1) is 15.6. The van der Waals surface area contributed by atoms with Gasteiger partial charge in [-0.1, -0.05) is 6.07 Å². The molecule has 4 rings (SSSR count). The van der Waals surface area contributed by atoms with Gasteiger partial charge in [-0.2, -0.15) is 10.3 Å². The number of aryl methyl sites for hydroxylation is 1. The first-order valence-electron chi connectivity index (χ1n) is 10.2. The van der Waals surface area contributed by atoms with Gasteiger partial charge in [0.1, 0.15) is 17.4 Å². The lowest BCUT2D eigenvalue weighted by Gasteiger charge is -2.13. The van der Waals surface area contributed by atoms with Gasteiger partial charge in [-0.15, -0.1) is 0 Å². The molecule has 4 aromatic heterocycles. The van der Waals surface area contributed by atoms with Crippen LogP contribution in [0.1, 0.15) is 29.3 Å². The molecule has 0 spiro atoms. The van der Waals surface area contributed by atoms with Crippen LogP contribution in [0.4, 0.5) is 0 Å². The zero-order valence-electron chi connectivity index (χ0n) is 17.4. The minimum absolute atomic E-state index is 0.112. The van der Waals surface area contributed by atoms with E-state index < -0.39 is 5.91 Å². The van der Waals surface area contributed by atoms with Crippen LogP contribution in [-0.2, 0) is 11.3 Å². The summed E-state index contributed by atoms with van der Waals surface area (Å²) in [4.78, 5) is 38.7. The Morgan fingerprint density at radius 2 is 2.16 bits per heavy atom. The molecule has 0 saturated carbocycles. The summed E-state index contributed by atoms with van der Waals surface area (Å²) in [6, 6.07) is 12.0. The number of hydrogen-bond acceptors (Lipinski definition) is 6. The second-order valence-corrected chi connectivity index (χ2v) is 6.94. The van der Waals surface area contributed by atoms with Crippen molar-refractivity contribution in [2.24, 2.45) is 4.99 Å². The van der Waals surface area contributed by atoms with Crippen LogP contribution >= 0.6 is 0 Å². The predicted octanol–water partition coefficient (Wildman–Crippen LogP) is 2.08. The molecule has 0 aliphatic heterocycles. The smallest absolute Gasteiger partial charge is 0.280 e. The van der Waals surface area contributed by atoms with Crippen LogP contribution in [0.5, 0.6) is 0 Å². The highest BCUT2D eigenvalue weighted by atomic mass is 16.5.